The van der Waals surface area contributed by atoms with Gasteiger partial charge in [-0.25, -0.2) is 0 Å². The summed E-state index contributed by atoms with van der Waals surface area (Å²) in [5.41, 5.74) is 9.90. The van der Waals surface area contributed by atoms with Crippen molar-refractivity contribution in [2.75, 3.05) is 20.8 Å². The molecule has 0 radical (unpaired) electrons. The topological polar surface area (TPSA) is 44.5 Å². The fourth-order valence-electron chi connectivity index (χ4n) is 2.86. The molecule has 0 aromatic heterocycles. The second-order valence-corrected chi connectivity index (χ2v) is 4.91. The Balaban J connectivity index is 2.61. The zero-order valence-electron chi connectivity index (χ0n) is 11.1. The summed E-state index contributed by atoms with van der Waals surface area (Å²) in [4.78, 5) is 0. The molecule has 0 unspecified atom stereocenters. The maximum absolute atomic E-state index is 5.93. The van der Waals surface area contributed by atoms with Gasteiger partial charge in [0, 0.05) is 12.0 Å². The highest BCUT2D eigenvalue weighted by atomic mass is 16.5. The van der Waals surface area contributed by atoms with Gasteiger partial charge in [0.2, 0.25) is 0 Å². The molecule has 94 valence electrons. The van der Waals surface area contributed by atoms with Crippen LogP contribution >= 0.6 is 0 Å². The predicted octanol–water partition coefficient (Wildman–Crippen LogP) is 2.31. The van der Waals surface area contributed by atoms with E-state index in [1.54, 1.807) is 14.2 Å². The van der Waals surface area contributed by atoms with Crippen LogP contribution in [0.15, 0.2) is 6.07 Å². The molecular formula is C14H21NO2. The lowest BCUT2D eigenvalue weighted by atomic mass is 9.87. The Bertz CT molecular complexity index is 436. The maximum Gasteiger partial charge on any atom is 0.163 e. The number of aryl methyl sites for hydroxylation is 1. The van der Waals surface area contributed by atoms with Crippen LogP contribution in [0.4, 0.5) is 0 Å². The van der Waals surface area contributed by atoms with Crippen LogP contribution < -0.4 is 15.2 Å². The van der Waals surface area contributed by atoms with Crippen LogP contribution in [-0.4, -0.2) is 20.8 Å². The monoisotopic (exact) mass is 235 g/mol. The van der Waals surface area contributed by atoms with Crippen molar-refractivity contribution >= 4 is 0 Å². The Morgan fingerprint density at radius 2 is 1.88 bits per heavy atom. The van der Waals surface area contributed by atoms with Gasteiger partial charge in [-0.15, -0.1) is 0 Å². The van der Waals surface area contributed by atoms with Crippen molar-refractivity contribution < 1.29 is 9.47 Å². The molecule has 0 saturated heterocycles. The van der Waals surface area contributed by atoms with Crippen LogP contribution in [0.2, 0.25) is 0 Å². The number of rotatable bonds is 4. The van der Waals surface area contributed by atoms with Crippen LogP contribution in [-0.2, 0) is 5.41 Å². The molecule has 3 heteroatoms. The first-order chi connectivity index (χ1) is 8.09. The van der Waals surface area contributed by atoms with Gasteiger partial charge in [-0.2, -0.15) is 0 Å². The van der Waals surface area contributed by atoms with Crippen molar-refractivity contribution in [1.29, 1.82) is 0 Å². The summed E-state index contributed by atoms with van der Waals surface area (Å²) in [7, 11) is 3.36. The zero-order valence-corrected chi connectivity index (χ0v) is 11.1. The molecule has 2 rings (SSSR count). The Hall–Kier alpha value is -1.22. The Morgan fingerprint density at radius 1 is 1.24 bits per heavy atom. The maximum atomic E-state index is 5.93. The summed E-state index contributed by atoms with van der Waals surface area (Å²) < 4.78 is 10.8. The van der Waals surface area contributed by atoms with Gasteiger partial charge in [0.1, 0.15) is 0 Å². The first-order valence-electron chi connectivity index (χ1n) is 6.02. The van der Waals surface area contributed by atoms with Crippen molar-refractivity contribution in [1.82, 2.24) is 0 Å². The van der Waals surface area contributed by atoms with Gasteiger partial charge in [-0.3, -0.25) is 0 Å². The number of methoxy groups -OCH3 is 2. The lowest BCUT2D eigenvalue weighted by molar-refractivity contribution is 0.351. The molecule has 0 bridgehead atoms. The SMILES string of the molecule is COc1cc(C)c(C2(CN)CC2)c(C)c1OC. The smallest absolute Gasteiger partial charge is 0.163 e. The van der Waals surface area contributed by atoms with Crippen molar-refractivity contribution in [2.45, 2.75) is 32.1 Å². The second-order valence-electron chi connectivity index (χ2n) is 4.91. The molecule has 1 aliphatic rings. The van der Waals surface area contributed by atoms with E-state index in [1.165, 1.54) is 29.5 Å². The third kappa shape index (κ3) is 1.78. The van der Waals surface area contributed by atoms with Gasteiger partial charge in [-0.1, -0.05) is 0 Å². The molecule has 2 N–H and O–H groups in total. The van der Waals surface area contributed by atoms with Crippen molar-refractivity contribution in [3.8, 4) is 11.5 Å². The lowest BCUT2D eigenvalue weighted by Gasteiger charge is -2.22. The normalized spacial score (nSPS) is 16.8. The van der Waals surface area contributed by atoms with Crippen LogP contribution in [0.5, 0.6) is 11.5 Å². The van der Waals surface area contributed by atoms with Crippen LogP contribution in [0.25, 0.3) is 0 Å². The van der Waals surface area contributed by atoms with Gasteiger partial charge < -0.3 is 15.2 Å². The minimum atomic E-state index is 0.188. The molecule has 0 heterocycles. The van der Waals surface area contributed by atoms with Crippen LogP contribution in [0.3, 0.4) is 0 Å². The third-order valence-electron chi connectivity index (χ3n) is 3.88. The van der Waals surface area contributed by atoms with E-state index in [1.807, 2.05) is 0 Å². The second kappa shape index (κ2) is 4.22. The molecule has 0 aliphatic heterocycles. The molecule has 0 atom stereocenters. The Morgan fingerprint density at radius 3 is 2.29 bits per heavy atom. The van der Waals surface area contributed by atoms with E-state index in [9.17, 15) is 0 Å². The number of benzene rings is 1. The Labute approximate surface area is 103 Å². The lowest BCUT2D eigenvalue weighted by Crippen LogP contribution is -2.22. The van der Waals surface area contributed by atoms with Gasteiger partial charge in [0.05, 0.1) is 14.2 Å². The van der Waals surface area contributed by atoms with Gasteiger partial charge in [0.25, 0.3) is 0 Å². The molecule has 1 saturated carbocycles. The standard InChI is InChI=1S/C14H21NO2/c1-9-7-11(16-3)13(17-4)10(2)12(9)14(8-15)5-6-14/h7H,5-6,8,15H2,1-4H3. The fraction of sp³-hybridized carbons (Fsp3) is 0.571. The first kappa shape index (κ1) is 12.2. The molecule has 1 fully saturated rings. The minimum Gasteiger partial charge on any atom is -0.493 e. The molecule has 3 nitrogen and oxygen atoms in total. The largest absolute Gasteiger partial charge is 0.493 e. The van der Waals surface area contributed by atoms with Crippen molar-refractivity contribution in [2.24, 2.45) is 5.73 Å². The highest BCUT2D eigenvalue weighted by molar-refractivity contribution is 5.57. The van der Waals surface area contributed by atoms with Crippen LogP contribution in [0.1, 0.15) is 29.5 Å². The molecular weight excluding hydrogens is 214 g/mol. The quantitative estimate of drug-likeness (QED) is 0.871. The summed E-state index contributed by atoms with van der Waals surface area (Å²) in [6.07, 6.45) is 2.36. The molecule has 0 spiro atoms. The van der Waals surface area contributed by atoms with Crippen LogP contribution in [0, 0.1) is 13.8 Å². The van der Waals surface area contributed by atoms with E-state index >= 15 is 0 Å². The summed E-state index contributed by atoms with van der Waals surface area (Å²) in [6.45, 7) is 4.93. The molecule has 1 aromatic rings. The van der Waals surface area contributed by atoms with E-state index in [2.05, 4.69) is 19.9 Å². The molecule has 1 aliphatic carbocycles. The summed E-state index contributed by atoms with van der Waals surface area (Å²) >= 11 is 0. The summed E-state index contributed by atoms with van der Waals surface area (Å²) in [5, 5.41) is 0. The van der Waals surface area contributed by atoms with Crippen molar-refractivity contribution in [3.63, 3.8) is 0 Å². The minimum absolute atomic E-state index is 0.188. The van der Waals surface area contributed by atoms with E-state index in [0.29, 0.717) is 6.54 Å². The average molecular weight is 235 g/mol. The van der Waals surface area contributed by atoms with E-state index in [-0.39, 0.29) is 5.41 Å². The number of hydrogen-bond acceptors (Lipinski definition) is 3. The number of nitrogens with two attached hydrogens (primary N) is 1. The van der Waals surface area contributed by atoms with Gasteiger partial charge in [0.15, 0.2) is 11.5 Å². The third-order valence-corrected chi connectivity index (χ3v) is 3.88. The summed E-state index contributed by atoms with van der Waals surface area (Å²) in [5.74, 6) is 1.65. The number of hydrogen-bond donors (Lipinski definition) is 1. The van der Waals surface area contributed by atoms with Gasteiger partial charge in [-0.05, 0) is 49.4 Å². The highest BCUT2D eigenvalue weighted by Crippen LogP contribution is 2.52. The van der Waals surface area contributed by atoms with E-state index in [0.717, 1.165) is 11.5 Å². The average Bonchev–Trinajstić information content (AvgIpc) is 3.09. The van der Waals surface area contributed by atoms with Gasteiger partial charge >= 0.3 is 0 Å². The fourth-order valence-corrected chi connectivity index (χ4v) is 2.86. The predicted molar refractivity (Wildman–Crippen MR) is 69.0 cm³/mol. The number of ether oxygens (including phenoxy) is 2. The molecule has 17 heavy (non-hydrogen) atoms. The summed E-state index contributed by atoms with van der Waals surface area (Å²) in [6, 6.07) is 2.05. The van der Waals surface area contributed by atoms with Crippen molar-refractivity contribution in [3.05, 3.63) is 22.8 Å². The zero-order chi connectivity index (χ0) is 12.6. The molecule has 0 amide bonds. The first-order valence-corrected chi connectivity index (χ1v) is 6.02. The Kier molecular flexibility index (Phi) is 3.04. The highest BCUT2D eigenvalue weighted by Gasteiger charge is 2.45. The molecule has 1 aromatic carbocycles. The van der Waals surface area contributed by atoms with E-state index in [4.69, 9.17) is 15.2 Å². The van der Waals surface area contributed by atoms with E-state index < -0.39 is 0 Å².